The van der Waals surface area contributed by atoms with Crippen LogP contribution in [0, 0.1) is 0 Å². The van der Waals surface area contributed by atoms with Crippen molar-refractivity contribution in [3.8, 4) is 0 Å². The highest BCUT2D eigenvalue weighted by Gasteiger charge is 2.02. The third-order valence-corrected chi connectivity index (χ3v) is 1.70. The maximum absolute atomic E-state index is 9.32. The molecular formula is C20H11NO. The Morgan fingerprint density at radius 1 is 0.773 bits per heavy atom. The molecule has 0 bridgehead atoms. The first-order valence-corrected chi connectivity index (χ1v) is 5.98. The first-order valence-electron chi connectivity index (χ1n) is 5.98. The van der Waals surface area contributed by atoms with E-state index in [0.717, 1.165) is 0 Å². The first-order chi connectivity index (χ1) is 10.7. The van der Waals surface area contributed by atoms with Crippen LogP contribution in [0.15, 0.2) is 98.6 Å². The van der Waals surface area contributed by atoms with Crippen molar-refractivity contribution in [2.75, 3.05) is 0 Å². The Morgan fingerprint density at radius 2 is 1.14 bits per heavy atom. The van der Waals surface area contributed by atoms with Crippen molar-refractivity contribution in [2.24, 2.45) is 5.73 Å². The topological polar surface area (TPSA) is 46.2 Å². The SMILES string of the molecule is C=C=C=C=C=C=C=C=C=C=C=C=C=C=C=C=C[C@H](O)[C@H](C)N. The minimum absolute atomic E-state index is 0.365. The monoisotopic (exact) mass is 281 g/mol. The lowest BCUT2D eigenvalue weighted by atomic mass is 10.2. The number of aliphatic hydroxyl groups excluding tert-OH is 1. The molecule has 0 amide bonds. The zero-order valence-corrected chi connectivity index (χ0v) is 12.0. The summed E-state index contributed by atoms with van der Waals surface area (Å²) in [7, 11) is 0. The Morgan fingerprint density at radius 3 is 1.50 bits per heavy atom. The fourth-order valence-electron chi connectivity index (χ4n) is 0.703. The van der Waals surface area contributed by atoms with Gasteiger partial charge < -0.3 is 10.8 Å². The minimum Gasteiger partial charge on any atom is -0.387 e. The molecule has 0 radical (unpaired) electrons. The smallest absolute Gasteiger partial charge is 0.0949 e. The predicted octanol–water partition coefficient (Wildman–Crippen LogP) is 2.21. The van der Waals surface area contributed by atoms with E-state index in [1.165, 1.54) is 6.08 Å². The molecule has 0 spiro atoms. The maximum Gasteiger partial charge on any atom is 0.0949 e. The summed E-state index contributed by atoms with van der Waals surface area (Å²) in [4.78, 5) is 0. The Balaban J connectivity index is 5.49. The fraction of sp³-hybridized carbons (Fsp3) is 0.150. The molecule has 2 atom stereocenters. The summed E-state index contributed by atoms with van der Waals surface area (Å²) in [5, 5.41) is 9.32. The highest BCUT2D eigenvalue weighted by molar-refractivity contribution is 4.95. The first kappa shape index (κ1) is 18.4. The third kappa shape index (κ3) is 12.8. The van der Waals surface area contributed by atoms with Crippen molar-refractivity contribution >= 4 is 0 Å². The maximum atomic E-state index is 9.32. The molecule has 3 N–H and O–H groups in total. The summed E-state index contributed by atoms with van der Waals surface area (Å²) in [6.45, 7) is 4.98. The van der Waals surface area contributed by atoms with Crippen molar-refractivity contribution in [3.05, 3.63) is 98.6 Å². The summed E-state index contributed by atoms with van der Waals surface area (Å²) >= 11 is 0. The predicted molar refractivity (Wildman–Crippen MR) is 82.5 cm³/mol. The molecule has 2 heteroatoms. The van der Waals surface area contributed by atoms with Gasteiger partial charge in [-0.1, -0.05) is 11.5 Å². The Hall–Kier alpha value is -3.64. The van der Waals surface area contributed by atoms with E-state index in [9.17, 15) is 5.11 Å². The van der Waals surface area contributed by atoms with Gasteiger partial charge >= 0.3 is 0 Å². The van der Waals surface area contributed by atoms with Crippen molar-refractivity contribution in [1.29, 1.82) is 0 Å². The quantitative estimate of drug-likeness (QED) is 0.762. The number of aliphatic hydroxyl groups is 1. The van der Waals surface area contributed by atoms with Gasteiger partial charge in [-0.3, -0.25) is 0 Å². The molecule has 0 saturated heterocycles. The van der Waals surface area contributed by atoms with Crippen LogP contribution in [0.4, 0.5) is 0 Å². The van der Waals surface area contributed by atoms with Crippen LogP contribution in [0.1, 0.15) is 6.92 Å². The van der Waals surface area contributed by atoms with Crippen LogP contribution >= 0.6 is 0 Å². The molecule has 0 aliphatic heterocycles. The van der Waals surface area contributed by atoms with Gasteiger partial charge in [0, 0.05) is 6.04 Å². The molecule has 0 aliphatic rings. The van der Waals surface area contributed by atoms with E-state index in [4.69, 9.17) is 5.73 Å². The average Bonchev–Trinajstić information content (AvgIpc) is 2.50. The molecule has 2 nitrogen and oxygen atoms in total. The summed E-state index contributed by atoms with van der Waals surface area (Å²) in [5.74, 6) is 0. The normalized spacial score (nSPS) is 8.50. The molecule has 0 unspecified atom stereocenters. The second-order valence-corrected chi connectivity index (χ2v) is 3.46. The van der Waals surface area contributed by atoms with Gasteiger partial charge in [-0.15, -0.1) is 0 Å². The summed E-state index contributed by atoms with van der Waals surface area (Å²) < 4.78 is 0. The molecule has 0 aromatic rings. The molecule has 0 aliphatic carbocycles. The second kappa shape index (κ2) is 13.8. The van der Waals surface area contributed by atoms with Crippen molar-refractivity contribution < 1.29 is 5.11 Å². The fourth-order valence-corrected chi connectivity index (χ4v) is 0.703. The van der Waals surface area contributed by atoms with E-state index in [-0.39, 0.29) is 6.04 Å². The third-order valence-electron chi connectivity index (χ3n) is 1.70. The highest BCUT2D eigenvalue weighted by atomic mass is 16.3. The van der Waals surface area contributed by atoms with Crippen LogP contribution < -0.4 is 5.73 Å². The number of rotatable bonds is 2. The average molecular weight is 281 g/mol. The van der Waals surface area contributed by atoms with Gasteiger partial charge in [0.15, 0.2) is 0 Å². The van der Waals surface area contributed by atoms with E-state index in [2.05, 4.69) is 92.5 Å². The molecule has 0 aromatic heterocycles. The molecule has 0 rings (SSSR count). The van der Waals surface area contributed by atoms with Gasteiger partial charge in [0.25, 0.3) is 0 Å². The Bertz CT molecular complexity index is 962. The van der Waals surface area contributed by atoms with E-state index >= 15 is 0 Å². The van der Waals surface area contributed by atoms with Crippen LogP contribution in [0.5, 0.6) is 0 Å². The van der Waals surface area contributed by atoms with Crippen molar-refractivity contribution in [3.63, 3.8) is 0 Å². The second-order valence-electron chi connectivity index (χ2n) is 3.46. The summed E-state index contributed by atoms with van der Waals surface area (Å²) in [6, 6.07) is -0.365. The van der Waals surface area contributed by atoms with Gasteiger partial charge in [0.2, 0.25) is 0 Å². The van der Waals surface area contributed by atoms with Gasteiger partial charge in [-0.25, -0.2) is 0 Å². The van der Waals surface area contributed by atoms with Gasteiger partial charge in [-0.05, 0) is 94.1 Å². The minimum atomic E-state index is -0.770. The van der Waals surface area contributed by atoms with Crippen LogP contribution in [0.3, 0.4) is 0 Å². The number of nitrogens with two attached hydrogens (primary N) is 1. The standard InChI is InChI=1S/C20H11NO/c1-3-4-5-6-7-8-9-10-11-12-13-14-15-16-17-18-20(22)19(2)21/h18-20,22H,1,21H2,2H3/t19-,20-/m0/s1. The zero-order valence-electron chi connectivity index (χ0n) is 12.0. The largest absolute Gasteiger partial charge is 0.387 e. The molecule has 102 valence electrons. The van der Waals surface area contributed by atoms with E-state index in [1.807, 2.05) is 0 Å². The van der Waals surface area contributed by atoms with Crippen LogP contribution in [0.25, 0.3) is 0 Å². The Kier molecular flexibility index (Phi) is 11.5. The van der Waals surface area contributed by atoms with Crippen molar-refractivity contribution in [2.45, 2.75) is 19.1 Å². The van der Waals surface area contributed by atoms with Crippen LogP contribution in [-0.2, 0) is 0 Å². The lowest BCUT2D eigenvalue weighted by Gasteiger charge is -2.06. The van der Waals surface area contributed by atoms with Gasteiger partial charge in [-0.2, -0.15) is 0 Å². The van der Waals surface area contributed by atoms with Gasteiger partial charge in [0.1, 0.15) is 0 Å². The van der Waals surface area contributed by atoms with Crippen molar-refractivity contribution in [1.82, 2.24) is 0 Å². The molecule has 0 heterocycles. The van der Waals surface area contributed by atoms with E-state index in [1.54, 1.807) is 6.92 Å². The van der Waals surface area contributed by atoms with Crippen LogP contribution in [-0.4, -0.2) is 17.3 Å². The molecule has 0 fully saturated rings. The summed E-state index contributed by atoms with van der Waals surface area (Å²) in [5.41, 5.74) is 42.6. The van der Waals surface area contributed by atoms with Crippen LogP contribution in [0.2, 0.25) is 0 Å². The Labute approximate surface area is 129 Å². The van der Waals surface area contributed by atoms with E-state index in [0.29, 0.717) is 0 Å². The molecule has 0 aromatic carbocycles. The molecular weight excluding hydrogens is 270 g/mol. The lowest BCUT2D eigenvalue weighted by Crippen LogP contribution is -2.29. The zero-order chi connectivity index (χ0) is 16.5. The highest BCUT2D eigenvalue weighted by Crippen LogP contribution is 1.88. The van der Waals surface area contributed by atoms with E-state index < -0.39 is 6.10 Å². The lowest BCUT2D eigenvalue weighted by molar-refractivity contribution is 0.198. The number of hydrogen-bond acceptors (Lipinski definition) is 2. The molecule has 22 heavy (non-hydrogen) atoms. The number of hydrogen-bond donors (Lipinski definition) is 2. The summed E-state index contributed by atoms with van der Waals surface area (Å²) in [6.07, 6.45) is 0.606. The van der Waals surface area contributed by atoms with Gasteiger partial charge in [0.05, 0.1) is 6.10 Å². The molecule has 0 saturated carbocycles.